The highest BCUT2D eigenvalue weighted by Crippen LogP contribution is 2.31. The Balaban J connectivity index is 2.79. The van der Waals surface area contributed by atoms with Gasteiger partial charge >= 0.3 is 6.18 Å². The second-order valence-corrected chi connectivity index (χ2v) is 2.74. The molecule has 0 atom stereocenters. The van der Waals surface area contributed by atoms with E-state index in [9.17, 15) is 13.2 Å². The van der Waals surface area contributed by atoms with Gasteiger partial charge in [-0.1, -0.05) is 0 Å². The third-order valence-electron chi connectivity index (χ3n) is 1.54. The molecule has 0 fully saturated rings. The van der Waals surface area contributed by atoms with E-state index >= 15 is 0 Å². The number of benzene rings is 1. The Kier molecular flexibility index (Phi) is 3.28. The molecule has 1 N–H and O–H groups in total. The summed E-state index contributed by atoms with van der Waals surface area (Å²) in [6.45, 7) is -1.42. The molecule has 1 aromatic rings. The van der Waals surface area contributed by atoms with E-state index in [0.717, 1.165) is 6.07 Å². The van der Waals surface area contributed by atoms with Crippen molar-refractivity contribution in [2.45, 2.75) is 6.18 Å². The maximum Gasteiger partial charge on any atom is 0.422 e. The van der Waals surface area contributed by atoms with Crippen molar-refractivity contribution in [1.29, 1.82) is 0 Å². The number of alkyl halides is 3. The van der Waals surface area contributed by atoms with Gasteiger partial charge in [-0.3, -0.25) is 0 Å². The zero-order valence-corrected chi connectivity index (χ0v) is 7.84. The van der Waals surface area contributed by atoms with Crippen LogP contribution in [0.2, 0.25) is 0 Å². The van der Waals surface area contributed by atoms with E-state index in [4.69, 9.17) is 9.84 Å². The first kappa shape index (κ1) is 11.5. The Morgan fingerprint density at radius 1 is 1.27 bits per heavy atom. The molecule has 0 aliphatic carbocycles. The number of ether oxygens (including phenoxy) is 2. The number of methoxy groups -OCH3 is 1. The summed E-state index contributed by atoms with van der Waals surface area (Å²) in [5.74, 6) is -0.195. The number of phenols is 1. The fraction of sp³-hybridized carbons (Fsp3) is 0.333. The fourth-order valence-corrected chi connectivity index (χ4v) is 0.938. The van der Waals surface area contributed by atoms with E-state index in [1.807, 2.05) is 0 Å². The molecule has 1 rings (SSSR count). The Bertz CT molecular complexity index is 336. The van der Waals surface area contributed by atoms with E-state index in [0.29, 0.717) is 0 Å². The molecule has 0 amide bonds. The molecule has 0 spiro atoms. The quantitative estimate of drug-likeness (QED) is 0.853. The van der Waals surface area contributed by atoms with Crippen molar-refractivity contribution in [1.82, 2.24) is 0 Å². The van der Waals surface area contributed by atoms with Gasteiger partial charge in [0.2, 0.25) is 0 Å². The first-order valence-electron chi connectivity index (χ1n) is 3.99. The lowest BCUT2D eigenvalue weighted by Gasteiger charge is -2.12. The van der Waals surface area contributed by atoms with Crippen molar-refractivity contribution in [3.63, 3.8) is 0 Å². The minimum atomic E-state index is -4.42. The van der Waals surface area contributed by atoms with E-state index in [1.54, 1.807) is 0 Å². The van der Waals surface area contributed by atoms with Crippen LogP contribution < -0.4 is 9.47 Å². The summed E-state index contributed by atoms with van der Waals surface area (Å²) in [5.41, 5.74) is 0. The SMILES string of the molecule is COc1ccc(O)cc1OCC(F)(F)F. The third-order valence-corrected chi connectivity index (χ3v) is 1.54. The van der Waals surface area contributed by atoms with Crippen molar-refractivity contribution in [2.75, 3.05) is 13.7 Å². The largest absolute Gasteiger partial charge is 0.508 e. The molecule has 0 saturated carbocycles. The van der Waals surface area contributed by atoms with Crippen LogP contribution in [-0.2, 0) is 0 Å². The van der Waals surface area contributed by atoms with Gasteiger partial charge in [0.25, 0.3) is 0 Å². The molecule has 0 aliphatic rings. The second kappa shape index (κ2) is 4.29. The molecule has 0 aromatic heterocycles. The van der Waals surface area contributed by atoms with Gasteiger partial charge in [-0.2, -0.15) is 13.2 Å². The maximum atomic E-state index is 11.8. The minimum Gasteiger partial charge on any atom is -0.508 e. The summed E-state index contributed by atoms with van der Waals surface area (Å²) in [7, 11) is 1.30. The Hall–Kier alpha value is -1.59. The van der Waals surface area contributed by atoms with Crippen LogP contribution >= 0.6 is 0 Å². The number of hydrogen-bond donors (Lipinski definition) is 1. The van der Waals surface area contributed by atoms with Gasteiger partial charge < -0.3 is 14.6 Å². The van der Waals surface area contributed by atoms with Crippen molar-refractivity contribution < 1.29 is 27.8 Å². The Labute approximate surface area is 84.0 Å². The second-order valence-electron chi connectivity index (χ2n) is 2.74. The maximum absolute atomic E-state index is 11.8. The van der Waals surface area contributed by atoms with Crippen molar-refractivity contribution >= 4 is 0 Å². The molecule has 0 unspecified atom stereocenters. The van der Waals surface area contributed by atoms with Crippen molar-refractivity contribution in [3.8, 4) is 17.2 Å². The monoisotopic (exact) mass is 222 g/mol. The van der Waals surface area contributed by atoms with Gasteiger partial charge in [-0.25, -0.2) is 0 Å². The van der Waals surface area contributed by atoms with Gasteiger partial charge in [-0.15, -0.1) is 0 Å². The lowest BCUT2D eigenvalue weighted by atomic mass is 10.3. The molecule has 0 saturated heterocycles. The molecule has 84 valence electrons. The van der Waals surface area contributed by atoms with Crippen molar-refractivity contribution in [2.24, 2.45) is 0 Å². The van der Waals surface area contributed by atoms with Crippen LogP contribution in [0.1, 0.15) is 0 Å². The summed E-state index contributed by atoms with van der Waals surface area (Å²) in [5, 5.41) is 9.05. The highest BCUT2D eigenvalue weighted by molar-refractivity contribution is 5.44. The first-order chi connectivity index (χ1) is 6.92. The average molecular weight is 222 g/mol. The van der Waals surface area contributed by atoms with Crippen LogP contribution in [0.5, 0.6) is 17.2 Å². The molecule has 0 radical (unpaired) electrons. The molecule has 0 bridgehead atoms. The topological polar surface area (TPSA) is 38.7 Å². The zero-order valence-electron chi connectivity index (χ0n) is 7.84. The van der Waals surface area contributed by atoms with Crippen LogP contribution in [0, 0.1) is 0 Å². The van der Waals surface area contributed by atoms with E-state index in [2.05, 4.69) is 4.74 Å². The number of aromatic hydroxyl groups is 1. The zero-order chi connectivity index (χ0) is 11.5. The molecule has 0 aliphatic heterocycles. The summed E-state index contributed by atoms with van der Waals surface area (Å²) in [4.78, 5) is 0. The summed E-state index contributed by atoms with van der Waals surface area (Å²) >= 11 is 0. The van der Waals surface area contributed by atoms with Crippen molar-refractivity contribution in [3.05, 3.63) is 18.2 Å². The molecule has 15 heavy (non-hydrogen) atoms. The van der Waals surface area contributed by atoms with Gasteiger partial charge in [0.15, 0.2) is 18.1 Å². The van der Waals surface area contributed by atoms with Crippen LogP contribution in [0.15, 0.2) is 18.2 Å². The standard InChI is InChI=1S/C9H9F3O3/c1-14-7-3-2-6(13)4-8(7)15-5-9(10,11)12/h2-4,13H,5H2,1H3. The van der Waals surface area contributed by atoms with Gasteiger partial charge in [0.05, 0.1) is 7.11 Å². The highest BCUT2D eigenvalue weighted by atomic mass is 19.4. The summed E-state index contributed by atoms with van der Waals surface area (Å²) < 4.78 is 44.8. The van der Waals surface area contributed by atoms with Crippen LogP contribution in [0.3, 0.4) is 0 Å². The highest BCUT2D eigenvalue weighted by Gasteiger charge is 2.29. The number of hydrogen-bond acceptors (Lipinski definition) is 3. The number of rotatable bonds is 3. The lowest BCUT2D eigenvalue weighted by Crippen LogP contribution is -2.19. The van der Waals surface area contributed by atoms with Crippen LogP contribution in [0.4, 0.5) is 13.2 Å². The van der Waals surface area contributed by atoms with E-state index < -0.39 is 12.8 Å². The molecular formula is C9H9F3O3. The van der Waals surface area contributed by atoms with Gasteiger partial charge in [0.1, 0.15) is 5.75 Å². The molecule has 0 heterocycles. The molecule has 1 aromatic carbocycles. The molecule has 6 heteroatoms. The van der Waals surface area contributed by atoms with Crippen LogP contribution in [-0.4, -0.2) is 25.0 Å². The lowest BCUT2D eigenvalue weighted by molar-refractivity contribution is -0.153. The molecule has 3 nitrogen and oxygen atoms in total. The fourth-order valence-electron chi connectivity index (χ4n) is 0.938. The number of halogens is 3. The van der Waals surface area contributed by atoms with Crippen LogP contribution in [0.25, 0.3) is 0 Å². The predicted octanol–water partition coefficient (Wildman–Crippen LogP) is 2.34. The molecular weight excluding hydrogens is 213 g/mol. The third kappa shape index (κ3) is 3.57. The predicted molar refractivity (Wildman–Crippen MR) is 46.2 cm³/mol. The Morgan fingerprint density at radius 2 is 1.93 bits per heavy atom. The smallest absolute Gasteiger partial charge is 0.422 e. The number of phenolic OH excluding ortho intramolecular Hbond substituents is 1. The normalized spacial score (nSPS) is 11.2. The summed E-state index contributed by atoms with van der Waals surface area (Å²) in [6, 6.07) is 3.67. The Morgan fingerprint density at radius 3 is 2.47 bits per heavy atom. The first-order valence-corrected chi connectivity index (χ1v) is 3.99. The van der Waals surface area contributed by atoms with Gasteiger partial charge in [0, 0.05) is 6.07 Å². The minimum absolute atomic E-state index is 0.136. The summed E-state index contributed by atoms with van der Waals surface area (Å²) in [6.07, 6.45) is -4.42. The van der Waals surface area contributed by atoms with E-state index in [-0.39, 0.29) is 17.2 Å². The van der Waals surface area contributed by atoms with Gasteiger partial charge in [-0.05, 0) is 12.1 Å². The van der Waals surface area contributed by atoms with E-state index in [1.165, 1.54) is 19.2 Å². The average Bonchev–Trinajstić information content (AvgIpc) is 2.14.